The van der Waals surface area contributed by atoms with Gasteiger partial charge in [0.05, 0.1) is 24.3 Å². The standard InChI is InChI=1S/C15H14N4O3/c1-22-14-8-2-11(3-9-14)15-10-16-17-18(15)12-4-6-13(7-5-12)19(20)21/h2-9,15H,10H2,1H3. The first-order valence-corrected chi connectivity index (χ1v) is 6.74. The van der Waals surface area contributed by atoms with Crippen LogP contribution in [0.15, 0.2) is 58.9 Å². The fourth-order valence-corrected chi connectivity index (χ4v) is 2.35. The topological polar surface area (TPSA) is 80.3 Å². The van der Waals surface area contributed by atoms with Crippen LogP contribution in [0.5, 0.6) is 5.75 Å². The molecular formula is C15H14N4O3. The summed E-state index contributed by atoms with van der Waals surface area (Å²) >= 11 is 0. The Bertz CT molecular complexity index is 698. The second-order valence-corrected chi connectivity index (χ2v) is 4.82. The van der Waals surface area contributed by atoms with E-state index in [0.29, 0.717) is 6.54 Å². The number of anilines is 1. The largest absolute Gasteiger partial charge is 0.497 e. The summed E-state index contributed by atoms with van der Waals surface area (Å²) < 4.78 is 5.15. The van der Waals surface area contributed by atoms with Gasteiger partial charge in [-0.2, -0.15) is 5.11 Å². The number of rotatable bonds is 4. The molecule has 0 aliphatic carbocycles. The molecule has 1 aliphatic rings. The lowest BCUT2D eigenvalue weighted by atomic mass is 10.1. The molecule has 22 heavy (non-hydrogen) atoms. The van der Waals surface area contributed by atoms with Gasteiger partial charge < -0.3 is 4.74 Å². The van der Waals surface area contributed by atoms with E-state index in [1.54, 1.807) is 24.3 Å². The molecule has 0 spiro atoms. The lowest BCUT2D eigenvalue weighted by Gasteiger charge is -2.22. The third-order valence-corrected chi connectivity index (χ3v) is 3.54. The van der Waals surface area contributed by atoms with Crippen molar-refractivity contribution in [2.45, 2.75) is 6.04 Å². The quantitative estimate of drug-likeness (QED) is 0.638. The Kier molecular flexibility index (Phi) is 3.69. The van der Waals surface area contributed by atoms with Crippen LogP contribution in [0.25, 0.3) is 0 Å². The molecule has 0 saturated carbocycles. The first-order chi connectivity index (χ1) is 10.7. The monoisotopic (exact) mass is 298 g/mol. The number of nitro groups is 1. The number of methoxy groups -OCH3 is 1. The molecule has 0 fully saturated rings. The molecule has 3 rings (SSSR count). The lowest BCUT2D eigenvalue weighted by Crippen LogP contribution is -2.20. The zero-order valence-corrected chi connectivity index (χ0v) is 11.9. The van der Waals surface area contributed by atoms with Crippen LogP contribution in [-0.2, 0) is 0 Å². The van der Waals surface area contributed by atoms with Gasteiger partial charge in [-0.15, -0.1) is 0 Å². The molecule has 0 aromatic heterocycles. The molecule has 0 N–H and O–H groups in total. The predicted molar refractivity (Wildman–Crippen MR) is 81.0 cm³/mol. The van der Waals surface area contributed by atoms with Crippen LogP contribution in [0.1, 0.15) is 11.6 Å². The van der Waals surface area contributed by atoms with Gasteiger partial charge in [0.15, 0.2) is 0 Å². The summed E-state index contributed by atoms with van der Waals surface area (Å²) in [5, 5.41) is 20.7. The summed E-state index contributed by atoms with van der Waals surface area (Å²) in [5.74, 6) is 0.789. The number of non-ortho nitro benzene ring substituents is 1. The van der Waals surface area contributed by atoms with E-state index in [1.165, 1.54) is 12.1 Å². The van der Waals surface area contributed by atoms with E-state index < -0.39 is 4.92 Å². The number of nitro benzene ring substituents is 1. The van der Waals surface area contributed by atoms with Gasteiger partial charge in [-0.3, -0.25) is 10.1 Å². The second-order valence-electron chi connectivity index (χ2n) is 4.82. The van der Waals surface area contributed by atoms with Crippen LogP contribution in [0, 0.1) is 10.1 Å². The highest BCUT2D eigenvalue weighted by atomic mass is 16.6. The van der Waals surface area contributed by atoms with Crippen molar-refractivity contribution in [2.24, 2.45) is 10.3 Å². The maximum Gasteiger partial charge on any atom is 0.269 e. The van der Waals surface area contributed by atoms with Crippen LogP contribution < -0.4 is 9.75 Å². The molecule has 1 heterocycles. The fraction of sp³-hybridized carbons (Fsp3) is 0.200. The van der Waals surface area contributed by atoms with Gasteiger partial charge in [-0.05, 0) is 29.8 Å². The van der Waals surface area contributed by atoms with Gasteiger partial charge in [0.1, 0.15) is 11.8 Å². The van der Waals surface area contributed by atoms with Gasteiger partial charge in [0.25, 0.3) is 5.69 Å². The van der Waals surface area contributed by atoms with Crippen molar-refractivity contribution in [3.05, 3.63) is 64.2 Å². The predicted octanol–water partition coefficient (Wildman–Crippen LogP) is 3.53. The van der Waals surface area contributed by atoms with E-state index in [0.717, 1.165) is 17.0 Å². The molecule has 2 aromatic carbocycles. The Balaban J connectivity index is 1.85. The molecule has 7 nitrogen and oxygen atoms in total. The lowest BCUT2D eigenvalue weighted by molar-refractivity contribution is -0.384. The summed E-state index contributed by atoms with van der Waals surface area (Å²) in [7, 11) is 1.62. The highest BCUT2D eigenvalue weighted by Gasteiger charge is 2.25. The van der Waals surface area contributed by atoms with E-state index in [2.05, 4.69) is 10.3 Å². The van der Waals surface area contributed by atoms with Gasteiger partial charge in [-0.1, -0.05) is 17.4 Å². The molecule has 0 amide bonds. The van der Waals surface area contributed by atoms with E-state index >= 15 is 0 Å². The third kappa shape index (κ3) is 2.60. The zero-order valence-electron chi connectivity index (χ0n) is 11.9. The molecule has 1 unspecified atom stereocenters. The van der Waals surface area contributed by atoms with Gasteiger partial charge >= 0.3 is 0 Å². The summed E-state index contributed by atoms with van der Waals surface area (Å²) in [5.41, 5.74) is 1.89. The molecular weight excluding hydrogens is 284 g/mol. The van der Waals surface area contributed by atoms with Crippen LogP contribution in [0.3, 0.4) is 0 Å². The fourth-order valence-electron chi connectivity index (χ4n) is 2.35. The molecule has 112 valence electrons. The Labute approximate surface area is 127 Å². The van der Waals surface area contributed by atoms with Crippen molar-refractivity contribution in [3.63, 3.8) is 0 Å². The minimum atomic E-state index is -0.420. The minimum absolute atomic E-state index is 0.0210. The maximum atomic E-state index is 10.7. The van der Waals surface area contributed by atoms with Crippen molar-refractivity contribution in [3.8, 4) is 5.75 Å². The first-order valence-electron chi connectivity index (χ1n) is 6.74. The smallest absolute Gasteiger partial charge is 0.269 e. The highest BCUT2D eigenvalue weighted by molar-refractivity contribution is 5.52. The summed E-state index contributed by atoms with van der Waals surface area (Å²) in [6.45, 7) is 0.545. The van der Waals surface area contributed by atoms with E-state index in [4.69, 9.17) is 4.74 Å². The van der Waals surface area contributed by atoms with Gasteiger partial charge in [0.2, 0.25) is 0 Å². The third-order valence-electron chi connectivity index (χ3n) is 3.54. The SMILES string of the molecule is COc1ccc(C2CN=NN2c2ccc([N+](=O)[O-])cc2)cc1. The number of hydrogen-bond donors (Lipinski definition) is 0. The van der Waals surface area contributed by atoms with Crippen molar-refractivity contribution < 1.29 is 9.66 Å². The Morgan fingerprint density at radius 1 is 1.18 bits per heavy atom. The number of ether oxygens (including phenoxy) is 1. The summed E-state index contributed by atoms with van der Waals surface area (Å²) in [4.78, 5) is 10.3. The average Bonchev–Trinajstić information content (AvgIpc) is 3.04. The number of nitrogens with zero attached hydrogens (tertiary/aromatic N) is 4. The zero-order chi connectivity index (χ0) is 15.5. The Morgan fingerprint density at radius 2 is 1.86 bits per heavy atom. The molecule has 0 saturated heterocycles. The van der Waals surface area contributed by atoms with Crippen molar-refractivity contribution >= 4 is 11.4 Å². The van der Waals surface area contributed by atoms with E-state index in [1.807, 2.05) is 24.3 Å². The van der Waals surface area contributed by atoms with Crippen LogP contribution in [0.2, 0.25) is 0 Å². The molecule has 2 aromatic rings. The van der Waals surface area contributed by atoms with Crippen LogP contribution in [0.4, 0.5) is 11.4 Å². The first kappa shape index (κ1) is 14.0. The summed E-state index contributed by atoms with van der Waals surface area (Å²) in [6.07, 6.45) is 0. The van der Waals surface area contributed by atoms with E-state index in [9.17, 15) is 10.1 Å². The summed E-state index contributed by atoms with van der Waals surface area (Å²) in [6, 6.07) is 14.0. The van der Waals surface area contributed by atoms with Gasteiger partial charge in [-0.25, -0.2) is 5.01 Å². The molecule has 1 aliphatic heterocycles. The molecule has 1 atom stereocenters. The normalized spacial score (nSPS) is 16.8. The van der Waals surface area contributed by atoms with Crippen molar-refractivity contribution in [1.82, 2.24) is 0 Å². The maximum absolute atomic E-state index is 10.7. The minimum Gasteiger partial charge on any atom is -0.497 e. The average molecular weight is 298 g/mol. The molecule has 0 bridgehead atoms. The number of hydrogen-bond acceptors (Lipinski definition) is 6. The van der Waals surface area contributed by atoms with E-state index in [-0.39, 0.29) is 11.7 Å². The van der Waals surface area contributed by atoms with Crippen LogP contribution in [-0.4, -0.2) is 18.6 Å². The Hall–Kier alpha value is -2.96. The van der Waals surface area contributed by atoms with Crippen LogP contribution >= 0.6 is 0 Å². The Morgan fingerprint density at radius 3 is 2.45 bits per heavy atom. The molecule has 0 radical (unpaired) electrons. The number of benzene rings is 2. The van der Waals surface area contributed by atoms with Crippen molar-refractivity contribution in [2.75, 3.05) is 18.7 Å². The van der Waals surface area contributed by atoms with Gasteiger partial charge in [0, 0.05) is 12.1 Å². The molecule has 7 heteroatoms. The highest BCUT2D eigenvalue weighted by Crippen LogP contribution is 2.33. The second kappa shape index (κ2) is 5.80. The van der Waals surface area contributed by atoms with Crippen molar-refractivity contribution in [1.29, 1.82) is 0 Å².